The van der Waals surface area contributed by atoms with E-state index in [0.29, 0.717) is 17.5 Å². The third kappa shape index (κ3) is 3.14. The Morgan fingerprint density at radius 2 is 1.83 bits per heavy atom. The van der Waals surface area contributed by atoms with Gasteiger partial charge in [0.25, 0.3) is 0 Å². The minimum Gasteiger partial charge on any atom is -0.307 e. The van der Waals surface area contributed by atoms with Gasteiger partial charge in [0.05, 0.1) is 0 Å². The summed E-state index contributed by atoms with van der Waals surface area (Å²) >= 11 is 0. The second-order valence-electron chi connectivity index (χ2n) is 6.59. The van der Waals surface area contributed by atoms with Crippen LogP contribution in [0.3, 0.4) is 0 Å². The first-order valence-electron chi connectivity index (χ1n) is 7.32. The van der Waals surface area contributed by atoms with E-state index in [1.165, 1.54) is 36.8 Å². The lowest BCUT2D eigenvalue weighted by Gasteiger charge is -2.41. The lowest BCUT2D eigenvalue weighted by molar-refractivity contribution is 0.157. The Kier molecular flexibility index (Phi) is 4.11. The molecule has 1 N–H and O–H groups in total. The van der Waals surface area contributed by atoms with Crippen molar-refractivity contribution in [2.24, 2.45) is 5.41 Å². The number of benzene rings is 1. The van der Waals surface area contributed by atoms with Crippen LogP contribution in [0.25, 0.3) is 0 Å². The van der Waals surface area contributed by atoms with Gasteiger partial charge in [0.15, 0.2) is 0 Å². The first kappa shape index (κ1) is 13.6. The highest BCUT2D eigenvalue weighted by Crippen LogP contribution is 2.36. The summed E-state index contributed by atoms with van der Waals surface area (Å²) in [6, 6.07) is 10.0. The highest BCUT2D eigenvalue weighted by atomic mass is 15.0. The number of aryl methyl sites for hydroxylation is 1. The van der Waals surface area contributed by atoms with E-state index in [0.717, 1.165) is 0 Å². The Bertz CT molecular complexity index is 377. The van der Waals surface area contributed by atoms with Crippen LogP contribution in [0.2, 0.25) is 0 Å². The quantitative estimate of drug-likeness (QED) is 0.819. The maximum atomic E-state index is 3.84. The summed E-state index contributed by atoms with van der Waals surface area (Å²) in [5, 5.41) is 3.84. The second-order valence-corrected chi connectivity index (χ2v) is 6.59. The highest BCUT2D eigenvalue weighted by molar-refractivity contribution is 5.23. The maximum Gasteiger partial charge on any atom is 0.0294 e. The first-order chi connectivity index (χ1) is 8.49. The van der Waals surface area contributed by atoms with Crippen LogP contribution in [0.15, 0.2) is 24.3 Å². The van der Waals surface area contributed by atoms with Gasteiger partial charge in [-0.3, -0.25) is 0 Å². The predicted octanol–water partition coefficient (Wildman–Crippen LogP) is 4.61. The van der Waals surface area contributed by atoms with Crippen molar-refractivity contribution in [3.05, 3.63) is 35.4 Å². The molecule has 18 heavy (non-hydrogen) atoms. The summed E-state index contributed by atoms with van der Waals surface area (Å²) < 4.78 is 0. The van der Waals surface area contributed by atoms with E-state index in [1.54, 1.807) is 0 Å². The van der Waals surface area contributed by atoms with Crippen LogP contribution in [0.5, 0.6) is 0 Å². The molecule has 0 spiro atoms. The molecule has 0 saturated heterocycles. The number of hydrogen-bond acceptors (Lipinski definition) is 1. The Balaban J connectivity index is 2.02. The van der Waals surface area contributed by atoms with E-state index in [4.69, 9.17) is 0 Å². The molecule has 1 heteroatoms. The van der Waals surface area contributed by atoms with Gasteiger partial charge in [0.1, 0.15) is 0 Å². The summed E-state index contributed by atoms with van der Waals surface area (Å²) in [6.07, 6.45) is 5.44. The fourth-order valence-electron chi connectivity index (χ4n) is 3.06. The largest absolute Gasteiger partial charge is 0.307 e. The zero-order valence-electron chi connectivity index (χ0n) is 12.3. The van der Waals surface area contributed by atoms with Crippen molar-refractivity contribution in [3.63, 3.8) is 0 Å². The lowest BCUT2D eigenvalue weighted by atomic mass is 9.73. The topological polar surface area (TPSA) is 12.0 Å². The van der Waals surface area contributed by atoms with E-state index in [1.807, 2.05) is 0 Å². The van der Waals surface area contributed by atoms with E-state index < -0.39 is 0 Å². The molecule has 2 atom stereocenters. The molecule has 1 unspecified atom stereocenters. The van der Waals surface area contributed by atoms with Gasteiger partial charge in [-0.05, 0) is 37.7 Å². The van der Waals surface area contributed by atoms with Crippen molar-refractivity contribution in [2.75, 3.05) is 0 Å². The molecule has 1 nitrogen and oxygen atoms in total. The Morgan fingerprint density at radius 1 is 1.17 bits per heavy atom. The van der Waals surface area contributed by atoms with E-state index in [-0.39, 0.29) is 0 Å². The summed E-state index contributed by atoms with van der Waals surface area (Å²) in [7, 11) is 0. The van der Waals surface area contributed by atoms with Gasteiger partial charge in [-0.15, -0.1) is 0 Å². The molecule has 0 bridgehead atoms. The zero-order valence-corrected chi connectivity index (χ0v) is 12.3. The van der Waals surface area contributed by atoms with Gasteiger partial charge >= 0.3 is 0 Å². The Hall–Kier alpha value is -0.820. The number of rotatable bonds is 3. The summed E-state index contributed by atoms with van der Waals surface area (Å²) in [4.78, 5) is 0. The highest BCUT2D eigenvalue weighted by Gasteiger charge is 2.32. The van der Waals surface area contributed by atoms with E-state index >= 15 is 0 Å². The smallest absolute Gasteiger partial charge is 0.0294 e. The normalized spacial score (nSPS) is 24.8. The van der Waals surface area contributed by atoms with Gasteiger partial charge in [-0.2, -0.15) is 0 Å². The molecule has 0 aromatic heterocycles. The number of nitrogens with one attached hydrogen (secondary N) is 1. The van der Waals surface area contributed by atoms with Crippen LogP contribution in [-0.4, -0.2) is 6.04 Å². The van der Waals surface area contributed by atoms with Crippen LogP contribution in [-0.2, 0) is 0 Å². The molecule has 1 fully saturated rings. The van der Waals surface area contributed by atoms with Crippen LogP contribution < -0.4 is 5.32 Å². The summed E-state index contributed by atoms with van der Waals surface area (Å²) in [5.74, 6) is 0. The zero-order chi connectivity index (χ0) is 13.2. The lowest BCUT2D eigenvalue weighted by Crippen LogP contribution is -2.45. The second kappa shape index (κ2) is 5.44. The first-order valence-corrected chi connectivity index (χ1v) is 7.32. The number of hydrogen-bond donors (Lipinski definition) is 1. The van der Waals surface area contributed by atoms with Crippen molar-refractivity contribution >= 4 is 0 Å². The molecule has 1 aliphatic rings. The van der Waals surface area contributed by atoms with Gasteiger partial charge < -0.3 is 5.32 Å². The fraction of sp³-hybridized carbons (Fsp3) is 0.647. The molecule has 0 radical (unpaired) electrons. The van der Waals surface area contributed by atoms with Gasteiger partial charge in [0, 0.05) is 12.1 Å². The molecule has 1 aliphatic carbocycles. The summed E-state index contributed by atoms with van der Waals surface area (Å²) in [6.45, 7) is 9.25. The predicted molar refractivity (Wildman–Crippen MR) is 78.8 cm³/mol. The molecule has 0 heterocycles. The SMILES string of the molecule is Cc1ccc([C@@H](C)NC2CCCCC2(C)C)cc1. The minimum atomic E-state index is 0.442. The van der Waals surface area contributed by atoms with Gasteiger partial charge in [-0.25, -0.2) is 0 Å². The molecule has 100 valence electrons. The monoisotopic (exact) mass is 245 g/mol. The third-order valence-electron chi connectivity index (χ3n) is 4.54. The van der Waals surface area contributed by atoms with Crippen molar-refractivity contribution in [2.45, 2.75) is 65.5 Å². The van der Waals surface area contributed by atoms with E-state index in [9.17, 15) is 0 Å². The molecule has 1 saturated carbocycles. The molecular weight excluding hydrogens is 218 g/mol. The van der Waals surface area contributed by atoms with Crippen molar-refractivity contribution in [3.8, 4) is 0 Å². The van der Waals surface area contributed by atoms with Gasteiger partial charge in [-0.1, -0.05) is 56.5 Å². The van der Waals surface area contributed by atoms with Crippen molar-refractivity contribution in [1.29, 1.82) is 0 Å². The molecule has 0 amide bonds. The summed E-state index contributed by atoms with van der Waals surface area (Å²) in [5.41, 5.74) is 3.18. The molecule has 0 aliphatic heterocycles. The van der Waals surface area contributed by atoms with Crippen LogP contribution in [0, 0.1) is 12.3 Å². The molecule has 1 aromatic carbocycles. The molecule has 1 aromatic rings. The van der Waals surface area contributed by atoms with Crippen LogP contribution >= 0.6 is 0 Å². The fourth-order valence-corrected chi connectivity index (χ4v) is 3.06. The Morgan fingerprint density at radius 3 is 2.44 bits per heavy atom. The molecular formula is C17H27N. The van der Waals surface area contributed by atoms with Crippen LogP contribution in [0.1, 0.15) is 63.6 Å². The van der Waals surface area contributed by atoms with E-state index in [2.05, 4.69) is 57.3 Å². The average Bonchev–Trinajstić information content (AvgIpc) is 2.32. The van der Waals surface area contributed by atoms with Crippen molar-refractivity contribution < 1.29 is 0 Å². The molecule has 2 rings (SSSR count). The maximum absolute atomic E-state index is 3.84. The van der Waals surface area contributed by atoms with Crippen molar-refractivity contribution in [1.82, 2.24) is 5.32 Å². The third-order valence-corrected chi connectivity index (χ3v) is 4.54. The standard InChI is InChI=1S/C17H27N/c1-13-8-10-15(11-9-13)14(2)18-16-7-5-6-12-17(16,3)4/h8-11,14,16,18H,5-7,12H2,1-4H3/t14-,16?/m1/s1. The Labute approximate surface area is 112 Å². The van der Waals surface area contributed by atoms with Gasteiger partial charge in [0.2, 0.25) is 0 Å². The average molecular weight is 245 g/mol. The minimum absolute atomic E-state index is 0.442. The van der Waals surface area contributed by atoms with Crippen LogP contribution in [0.4, 0.5) is 0 Å².